The molecular formula is C40H62O12. The molecule has 0 bridgehead atoms. The van der Waals surface area contributed by atoms with Gasteiger partial charge in [-0.15, -0.1) is 0 Å². The minimum atomic E-state index is -1.45. The number of cyclic esters (lactones) is 1. The number of carboxylic acids is 1. The minimum absolute atomic E-state index is 0.0345. The van der Waals surface area contributed by atoms with Crippen molar-refractivity contribution in [1.29, 1.82) is 0 Å². The highest BCUT2D eigenvalue weighted by Crippen LogP contribution is 2.44. The van der Waals surface area contributed by atoms with Crippen molar-refractivity contribution in [3.63, 3.8) is 0 Å². The lowest BCUT2D eigenvalue weighted by atomic mass is 9.76. The lowest BCUT2D eigenvalue weighted by Gasteiger charge is -2.51. The van der Waals surface area contributed by atoms with Crippen LogP contribution in [0, 0.1) is 35.5 Å². The molecular weight excluding hydrogens is 672 g/mol. The zero-order valence-electron chi connectivity index (χ0n) is 32.9. The van der Waals surface area contributed by atoms with Gasteiger partial charge in [0.05, 0.1) is 25.4 Å². The van der Waals surface area contributed by atoms with Crippen molar-refractivity contribution in [3.8, 4) is 0 Å². The molecule has 0 aromatic rings. The van der Waals surface area contributed by atoms with Crippen LogP contribution in [-0.4, -0.2) is 97.0 Å². The molecule has 0 unspecified atom stereocenters. The van der Waals surface area contributed by atoms with Gasteiger partial charge in [0, 0.05) is 56.5 Å². The molecule has 0 radical (unpaired) electrons. The Hall–Kier alpha value is -3.29. The summed E-state index contributed by atoms with van der Waals surface area (Å²) >= 11 is 0. The highest BCUT2D eigenvalue weighted by Gasteiger charge is 2.54. The Balaban J connectivity index is 2.59. The molecule has 0 amide bonds. The average molecular weight is 735 g/mol. The van der Waals surface area contributed by atoms with Crippen molar-refractivity contribution in [1.82, 2.24) is 0 Å². The second-order valence-corrected chi connectivity index (χ2v) is 14.8. The number of esters is 2. The Morgan fingerprint density at radius 2 is 1.69 bits per heavy atom. The number of aliphatic carboxylic acids is 1. The number of ether oxygens (including phenoxy) is 6. The third-order valence-electron chi connectivity index (χ3n) is 10.4. The second-order valence-electron chi connectivity index (χ2n) is 14.8. The fraction of sp³-hybridized carbons (Fsp3) is 0.675. The number of allylic oxidation sites excluding steroid dienone is 5. The van der Waals surface area contributed by atoms with Crippen LogP contribution in [0.4, 0.5) is 0 Å². The summed E-state index contributed by atoms with van der Waals surface area (Å²) < 4.78 is 35.9. The van der Waals surface area contributed by atoms with Crippen molar-refractivity contribution < 1.29 is 58.1 Å². The van der Waals surface area contributed by atoms with E-state index < -0.39 is 72.2 Å². The molecule has 52 heavy (non-hydrogen) atoms. The van der Waals surface area contributed by atoms with Crippen LogP contribution in [0.2, 0.25) is 0 Å². The van der Waals surface area contributed by atoms with E-state index in [1.54, 1.807) is 26.0 Å². The molecule has 0 saturated carbocycles. The van der Waals surface area contributed by atoms with Gasteiger partial charge in [0.15, 0.2) is 5.79 Å². The van der Waals surface area contributed by atoms with E-state index in [0.717, 1.165) is 11.6 Å². The molecule has 0 aromatic carbocycles. The summed E-state index contributed by atoms with van der Waals surface area (Å²) in [5, 5.41) is 32.1. The molecule has 2 rings (SSSR count). The summed E-state index contributed by atoms with van der Waals surface area (Å²) in [6.07, 6.45) is 6.35. The zero-order chi connectivity index (χ0) is 39.5. The third kappa shape index (κ3) is 11.9. The summed E-state index contributed by atoms with van der Waals surface area (Å²) in [5.41, 5.74) is 1.74. The quantitative estimate of drug-likeness (QED) is 0.180. The molecule has 0 aliphatic carbocycles. The maximum absolute atomic E-state index is 13.7. The van der Waals surface area contributed by atoms with Gasteiger partial charge in [0.1, 0.15) is 18.3 Å². The first-order chi connectivity index (χ1) is 24.3. The number of methoxy groups -OCH3 is 3. The van der Waals surface area contributed by atoms with Gasteiger partial charge in [-0.2, -0.15) is 0 Å². The van der Waals surface area contributed by atoms with E-state index in [9.17, 15) is 24.6 Å². The van der Waals surface area contributed by atoms with Crippen LogP contribution < -0.4 is 0 Å². The molecule has 2 aliphatic heterocycles. The molecule has 0 spiro atoms. The van der Waals surface area contributed by atoms with Crippen molar-refractivity contribution in [2.24, 2.45) is 35.5 Å². The highest BCUT2D eigenvalue weighted by molar-refractivity contribution is 5.90. The minimum Gasteiger partial charge on any atom is -0.490 e. The number of carbonyl (C=O) groups is 3. The SMILES string of the molecule is CO/C1=C\C(C)=C\[C@@H](C)[C@@H](O)[C@@H](C)C/C(C)=C/C=C/[C@@H](OC)[C@H]([C@H](C)[C@H](O)[C@H](C)[C@@]2(OC)C[C@@H](OC(=O)/C=C/C(=O)O)[C@H](C)[C@@H](C(C)C)O2)OC1=O. The van der Waals surface area contributed by atoms with Crippen LogP contribution in [0.3, 0.4) is 0 Å². The van der Waals surface area contributed by atoms with Gasteiger partial charge in [-0.05, 0) is 38.2 Å². The van der Waals surface area contributed by atoms with Gasteiger partial charge in [-0.1, -0.05) is 83.9 Å². The predicted molar refractivity (Wildman–Crippen MR) is 196 cm³/mol. The second kappa shape index (κ2) is 20.2. The topological polar surface area (TPSA) is 167 Å². The van der Waals surface area contributed by atoms with Crippen LogP contribution in [0.15, 0.2) is 59.4 Å². The normalized spacial score (nSPS) is 36.6. The molecule has 2 heterocycles. The van der Waals surface area contributed by atoms with Crippen LogP contribution in [0.25, 0.3) is 0 Å². The van der Waals surface area contributed by atoms with E-state index in [0.29, 0.717) is 18.1 Å². The predicted octanol–water partition coefficient (Wildman–Crippen LogP) is 5.54. The number of carbonyl (C=O) groups excluding carboxylic acids is 2. The maximum Gasteiger partial charge on any atom is 0.373 e. The molecule has 12 heteroatoms. The summed E-state index contributed by atoms with van der Waals surface area (Å²) in [6.45, 7) is 17.0. The Labute approximate surface area is 309 Å². The highest BCUT2D eigenvalue weighted by atomic mass is 16.7. The van der Waals surface area contributed by atoms with Crippen LogP contribution in [0.1, 0.15) is 75.2 Å². The number of hydrogen-bond acceptors (Lipinski definition) is 11. The molecule has 12 atom stereocenters. The van der Waals surface area contributed by atoms with E-state index >= 15 is 0 Å². The van der Waals surface area contributed by atoms with E-state index in [1.807, 2.05) is 66.7 Å². The first-order valence-electron chi connectivity index (χ1n) is 18.0. The number of carboxylic acid groups (broad SMARTS) is 1. The molecule has 3 N–H and O–H groups in total. The standard InChI is InChI=1S/C40H62O12/c1-22(2)37-27(7)32(50-34(43)17-16-33(41)42)21-40(49-12,52-37)29(9)36(45)28(8)38-30(47-10)15-13-14-23(3)18-25(5)35(44)26(6)19-24(4)20-31(48-11)39(46)51-38/h13-17,19-20,22,25-30,32,35-38,44-45H,18,21H2,1-12H3,(H,41,42)/b15-13+,17-16+,23-14+,24-19+,31-20-/t25-,26+,27-,28+,29-,30+,32+,35-,36-,37+,38-,40+/m0/s1. The van der Waals surface area contributed by atoms with E-state index in [1.165, 1.54) is 21.3 Å². The number of aliphatic hydroxyl groups excluding tert-OH is 2. The monoisotopic (exact) mass is 734 g/mol. The van der Waals surface area contributed by atoms with E-state index in [2.05, 4.69) is 0 Å². The largest absolute Gasteiger partial charge is 0.490 e. The molecule has 294 valence electrons. The van der Waals surface area contributed by atoms with Gasteiger partial charge in [0.2, 0.25) is 5.76 Å². The maximum atomic E-state index is 13.7. The Morgan fingerprint density at radius 1 is 1.04 bits per heavy atom. The fourth-order valence-electron chi connectivity index (χ4n) is 7.30. The van der Waals surface area contributed by atoms with Crippen molar-refractivity contribution >= 4 is 17.9 Å². The summed E-state index contributed by atoms with van der Waals surface area (Å²) in [7, 11) is 4.31. The lowest BCUT2D eigenvalue weighted by molar-refractivity contribution is -0.339. The van der Waals surface area contributed by atoms with E-state index in [4.69, 9.17) is 33.5 Å². The number of aliphatic hydroxyl groups is 2. The van der Waals surface area contributed by atoms with Gasteiger partial charge >= 0.3 is 17.9 Å². The van der Waals surface area contributed by atoms with Crippen LogP contribution >= 0.6 is 0 Å². The molecule has 2 aliphatic rings. The van der Waals surface area contributed by atoms with Crippen molar-refractivity contribution in [2.75, 3.05) is 21.3 Å². The van der Waals surface area contributed by atoms with Gasteiger partial charge < -0.3 is 43.7 Å². The number of hydrogen-bond donors (Lipinski definition) is 3. The Morgan fingerprint density at radius 3 is 2.25 bits per heavy atom. The zero-order valence-corrected chi connectivity index (χ0v) is 32.9. The van der Waals surface area contributed by atoms with Crippen molar-refractivity contribution in [3.05, 3.63) is 59.4 Å². The molecule has 0 aromatic heterocycles. The van der Waals surface area contributed by atoms with Crippen LogP contribution in [0.5, 0.6) is 0 Å². The van der Waals surface area contributed by atoms with E-state index in [-0.39, 0.29) is 35.9 Å². The first-order valence-corrected chi connectivity index (χ1v) is 18.0. The fourth-order valence-corrected chi connectivity index (χ4v) is 7.30. The molecule has 1 fully saturated rings. The van der Waals surface area contributed by atoms with Gasteiger partial charge in [0.25, 0.3) is 0 Å². The smallest absolute Gasteiger partial charge is 0.373 e. The van der Waals surface area contributed by atoms with Crippen LogP contribution in [-0.2, 0) is 42.8 Å². The summed E-state index contributed by atoms with van der Waals surface area (Å²) in [4.78, 5) is 37.3. The van der Waals surface area contributed by atoms with Crippen molar-refractivity contribution in [2.45, 2.75) is 118 Å². The first kappa shape index (κ1) is 44.9. The summed E-state index contributed by atoms with van der Waals surface area (Å²) in [5.74, 6) is -6.48. The molecule has 12 nitrogen and oxygen atoms in total. The lowest BCUT2D eigenvalue weighted by Crippen LogP contribution is -2.60. The van der Waals surface area contributed by atoms with Gasteiger partial charge in [-0.25, -0.2) is 14.4 Å². The van der Waals surface area contributed by atoms with Gasteiger partial charge in [-0.3, -0.25) is 0 Å². The Bertz CT molecular complexity index is 1360. The Kier molecular flexibility index (Phi) is 17.5. The summed E-state index contributed by atoms with van der Waals surface area (Å²) in [6, 6.07) is 0. The average Bonchev–Trinajstić information content (AvgIpc) is 3.09. The number of rotatable bonds is 11. The third-order valence-corrected chi connectivity index (χ3v) is 10.4. The molecule has 1 saturated heterocycles.